The quantitative estimate of drug-likeness (QED) is 0.535. The van der Waals surface area contributed by atoms with Crippen LogP contribution >= 0.6 is 0 Å². The molecule has 1 rings (SSSR count). The largest absolute Gasteiger partial charge is 0.384 e. The zero-order valence-corrected chi connectivity index (χ0v) is 10.2. The maximum absolute atomic E-state index is 9.03. The van der Waals surface area contributed by atoms with Crippen molar-refractivity contribution in [2.24, 2.45) is 5.73 Å². The molecule has 92 valence electrons. The third kappa shape index (κ3) is 3.25. The fourth-order valence-corrected chi connectivity index (χ4v) is 1.62. The number of piperazine rings is 1. The Hall–Kier alpha value is -2.49. The van der Waals surface area contributed by atoms with Crippen molar-refractivity contribution in [1.29, 1.82) is 15.8 Å². The SMILES string of the molecule is CN1CCN(C(N)=C(C#N)C=C(C#N)C#N)CC1. The van der Waals surface area contributed by atoms with Gasteiger partial charge in [-0.05, 0) is 13.1 Å². The Morgan fingerprint density at radius 2 is 1.61 bits per heavy atom. The second-order valence-corrected chi connectivity index (χ2v) is 3.98. The minimum atomic E-state index is -0.122. The van der Waals surface area contributed by atoms with E-state index >= 15 is 0 Å². The molecular weight excluding hydrogens is 228 g/mol. The number of allylic oxidation sites excluding steroid dienone is 3. The first-order chi connectivity index (χ1) is 8.62. The molecule has 0 amide bonds. The van der Waals surface area contributed by atoms with Gasteiger partial charge in [0.25, 0.3) is 0 Å². The lowest BCUT2D eigenvalue weighted by atomic mass is 10.1. The first kappa shape index (κ1) is 13.6. The highest BCUT2D eigenvalue weighted by atomic mass is 15.3. The van der Waals surface area contributed by atoms with Crippen LogP contribution < -0.4 is 5.73 Å². The van der Waals surface area contributed by atoms with Crippen molar-refractivity contribution in [3.63, 3.8) is 0 Å². The van der Waals surface area contributed by atoms with Crippen LogP contribution in [0.15, 0.2) is 23.0 Å². The minimum Gasteiger partial charge on any atom is -0.384 e. The second-order valence-electron chi connectivity index (χ2n) is 3.98. The molecule has 1 aliphatic rings. The van der Waals surface area contributed by atoms with Crippen LogP contribution in [0.2, 0.25) is 0 Å². The van der Waals surface area contributed by atoms with E-state index in [1.807, 2.05) is 18.0 Å². The average Bonchev–Trinajstić information content (AvgIpc) is 2.40. The van der Waals surface area contributed by atoms with Gasteiger partial charge in [0.2, 0.25) is 0 Å². The highest BCUT2D eigenvalue weighted by molar-refractivity contribution is 5.47. The van der Waals surface area contributed by atoms with E-state index in [1.165, 1.54) is 6.08 Å². The van der Waals surface area contributed by atoms with Crippen molar-refractivity contribution < 1.29 is 0 Å². The Labute approximate surface area is 106 Å². The second kappa shape index (κ2) is 6.30. The molecule has 2 N–H and O–H groups in total. The van der Waals surface area contributed by atoms with Gasteiger partial charge in [-0.2, -0.15) is 15.8 Å². The van der Waals surface area contributed by atoms with Crippen LogP contribution in [-0.2, 0) is 0 Å². The normalized spacial score (nSPS) is 16.9. The van der Waals surface area contributed by atoms with E-state index in [1.54, 1.807) is 12.1 Å². The summed E-state index contributed by atoms with van der Waals surface area (Å²) >= 11 is 0. The van der Waals surface area contributed by atoms with E-state index in [0.717, 1.165) is 26.2 Å². The molecule has 0 aromatic carbocycles. The van der Waals surface area contributed by atoms with Gasteiger partial charge >= 0.3 is 0 Å². The van der Waals surface area contributed by atoms with Crippen molar-refractivity contribution in [3.05, 3.63) is 23.0 Å². The van der Waals surface area contributed by atoms with Gasteiger partial charge in [0.15, 0.2) is 0 Å². The van der Waals surface area contributed by atoms with E-state index in [2.05, 4.69) is 4.90 Å². The minimum absolute atomic E-state index is 0.122. The van der Waals surface area contributed by atoms with Gasteiger partial charge in [-0.15, -0.1) is 0 Å². The van der Waals surface area contributed by atoms with Gasteiger partial charge in [0.1, 0.15) is 29.6 Å². The number of rotatable bonds is 2. The number of hydrogen-bond donors (Lipinski definition) is 1. The standard InChI is InChI=1S/C12H14N6/c1-17-2-4-18(5-3-17)12(16)11(9-15)6-10(7-13)8-14/h6H,2-5,16H2,1H3. The molecule has 0 bridgehead atoms. The smallest absolute Gasteiger partial charge is 0.131 e. The van der Waals surface area contributed by atoms with Crippen LogP contribution in [0, 0.1) is 34.0 Å². The first-order valence-electron chi connectivity index (χ1n) is 5.47. The molecule has 1 heterocycles. The molecule has 0 atom stereocenters. The van der Waals surface area contributed by atoms with E-state index in [4.69, 9.17) is 21.5 Å². The Bertz CT molecular complexity index is 472. The Balaban J connectivity index is 2.96. The molecule has 0 unspecified atom stereocenters. The van der Waals surface area contributed by atoms with Crippen molar-refractivity contribution >= 4 is 0 Å². The zero-order valence-electron chi connectivity index (χ0n) is 10.2. The van der Waals surface area contributed by atoms with Crippen LogP contribution in [0.25, 0.3) is 0 Å². The third-order valence-electron chi connectivity index (χ3n) is 2.77. The van der Waals surface area contributed by atoms with Crippen LogP contribution in [0.1, 0.15) is 0 Å². The molecule has 0 saturated carbocycles. The highest BCUT2D eigenvalue weighted by Gasteiger charge is 2.16. The summed E-state index contributed by atoms with van der Waals surface area (Å²) in [6.07, 6.45) is 1.23. The predicted octanol–water partition coefficient (Wildman–Crippen LogP) is -0.0988. The number of likely N-dealkylation sites (N-methyl/N-ethyl adjacent to an activating group) is 1. The van der Waals surface area contributed by atoms with Gasteiger partial charge in [-0.1, -0.05) is 0 Å². The molecule has 6 heteroatoms. The summed E-state index contributed by atoms with van der Waals surface area (Å²) in [7, 11) is 2.02. The fourth-order valence-electron chi connectivity index (χ4n) is 1.62. The van der Waals surface area contributed by atoms with Crippen LogP contribution in [0.5, 0.6) is 0 Å². The van der Waals surface area contributed by atoms with Crippen molar-refractivity contribution in [2.75, 3.05) is 33.2 Å². The third-order valence-corrected chi connectivity index (χ3v) is 2.77. The van der Waals surface area contributed by atoms with Crippen LogP contribution in [-0.4, -0.2) is 43.0 Å². The molecule has 0 aromatic heterocycles. The maximum Gasteiger partial charge on any atom is 0.131 e. The molecule has 18 heavy (non-hydrogen) atoms. The van der Waals surface area contributed by atoms with Gasteiger partial charge in [0.05, 0.1) is 5.57 Å². The van der Waals surface area contributed by atoms with E-state index in [9.17, 15) is 0 Å². The summed E-state index contributed by atoms with van der Waals surface area (Å²) < 4.78 is 0. The number of nitriles is 3. The van der Waals surface area contributed by atoms with Gasteiger partial charge in [0, 0.05) is 26.2 Å². The molecule has 0 radical (unpaired) electrons. The number of nitrogens with zero attached hydrogens (tertiary/aromatic N) is 5. The van der Waals surface area contributed by atoms with Crippen molar-refractivity contribution in [3.8, 4) is 18.2 Å². The van der Waals surface area contributed by atoms with Crippen LogP contribution in [0.3, 0.4) is 0 Å². The summed E-state index contributed by atoms with van der Waals surface area (Å²) in [4.78, 5) is 4.06. The average molecular weight is 242 g/mol. The summed E-state index contributed by atoms with van der Waals surface area (Å²) in [5.74, 6) is 0.327. The number of hydrogen-bond acceptors (Lipinski definition) is 6. The molecule has 0 aliphatic carbocycles. The Morgan fingerprint density at radius 1 is 1.06 bits per heavy atom. The molecule has 1 aliphatic heterocycles. The monoisotopic (exact) mass is 242 g/mol. The zero-order chi connectivity index (χ0) is 13.5. The fraction of sp³-hybridized carbons (Fsp3) is 0.417. The van der Waals surface area contributed by atoms with E-state index in [0.29, 0.717) is 5.82 Å². The Kier molecular flexibility index (Phi) is 4.75. The lowest BCUT2D eigenvalue weighted by Gasteiger charge is -2.34. The topological polar surface area (TPSA) is 104 Å². The maximum atomic E-state index is 9.03. The Morgan fingerprint density at radius 3 is 2.06 bits per heavy atom. The lowest BCUT2D eigenvalue weighted by Crippen LogP contribution is -2.45. The summed E-state index contributed by atoms with van der Waals surface area (Å²) in [5.41, 5.74) is 5.95. The molecular formula is C12H14N6. The molecule has 6 nitrogen and oxygen atoms in total. The highest BCUT2D eigenvalue weighted by Crippen LogP contribution is 2.11. The van der Waals surface area contributed by atoms with E-state index in [-0.39, 0.29) is 11.1 Å². The van der Waals surface area contributed by atoms with Crippen molar-refractivity contribution in [1.82, 2.24) is 9.80 Å². The van der Waals surface area contributed by atoms with Gasteiger partial charge < -0.3 is 15.5 Å². The van der Waals surface area contributed by atoms with Crippen molar-refractivity contribution in [2.45, 2.75) is 0 Å². The predicted molar refractivity (Wildman–Crippen MR) is 65.2 cm³/mol. The summed E-state index contributed by atoms with van der Waals surface area (Å²) in [6.45, 7) is 3.20. The molecule has 0 spiro atoms. The van der Waals surface area contributed by atoms with Gasteiger partial charge in [-0.3, -0.25) is 0 Å². The van der Waals surface area contributed by atoms with Gasteiger partial charge in [-0.25, -0.2) is 0 Å². The molecule has 1 saturated heterocycles. The molecule has 0 aromatic rings. The number of nitrogens with two attached hydrogens (primary N) is 1. The summed E-state index contributed by atoms with van der Waals surface area (Å²) in [6, 6.07) is 5.36. The summed E-state index contributed by atoms with van der Waals surface area (Å²) in [5, 5.41) is 26.4. The van der Waals surface area contributed by atoms with E-state index < -0.39 is 0 Å². The lowest BCUT2D eigenvalue weighted by molar-refractivity contribution is 0.184. The van der Waals surface area contributed by atoms with Crippen LogP contribution in [0.4, 0.5) is 0 Å². The first-order valence-corrected chi connectivity index (χ1v) is 5.47. The molecule has 1 fully saturated rings.